The molecule has 1 unspecified atom stereocenters. The molecule has 0 radical (unpaired) electrons. The van der Waals surface area contributed by atoms with Crippen LogP contribution in [0.3, 0.4) is 0 Å². The van der Waals surface area contributed by atoms with E-state index in [1.165, 1.54) is 26.4 Å². The quantitative estimate of drug-likeness (QED) is 0.493. The van der Waals surface area contributed by atoms with E-state index < -0.39 is 23.9 Å². The second kappa shape index (κ2) is 9.47. The number of benzene rings is 2. The lowest BCUT2D eigenvalue weighted by Crippen LogP contribution is -2.30. The molecule has 28 heavy (non-hydrogen) atoms. The van der Waals surface area contributed by atoms with Crippen LogP contribution in [0.1, 0.15) is 22.8 Å². The fourth-order valence-corrected chi connectivity index (χ4v) is 2.47. The van der Waals surface area contributed by atoms with Gasteiger partial charge in [0.2, 0.25) is 0 Å². The van der Waals surface area contributed by atoms with Gasteiger partial charge in [0.25, 0.3) is 5.91 Å². The largest absolute Gasteiger partial charge is 0.497 e. The molecule has 2 rings (SSSR count). The van der Waals surface area contributed by atoms with Gasteiger partial charge in [-0.15, -0.1) is 0 Å². The minimum absolute atomic E-state index is 0.0915. The molecule has 0 aliphatic carbocycles. The van der Waals surface area contributed by atoms with Crippen molar-refractivity contribution in [2.24, 2.45) is 10.7 Å². The summed E-state index contributed by atoms with van der Waals surface area (Å²) in [5.41, 5.74) is 6.82. The molecule has 0 aliphatic heterocycles. The van der Waals surface area contributed by atoms with Crippen LogP contribution in [0.25, 0.3) is 0 Å². The van der Waals surface area contributed by atoms with Gasteiger partial charge in [0.1, 0.15) is 17.4 Å². The molecule has 0 heterocycles. The Morgan fingerprint density at radius 1 is 1.21 bits per heavy atom. The number of aliphatic imine (C=N–C) groups is 1. The molecule has 2 aromatic rings. The van der Waals surface area contributed by atoms with Gasteiger partial charge in [-0.05, 0) is 17.7 Å². The summed E-state index contributed by atoms with van der Waals surface area (Å²) in [5.74, 6) is -0.915. The predicted molar refractivity (Wildman–Crippen MR) is 99.7 cm³/mol. The standard InChI is InChI=1S/C19H20FN3O5/c1-27-13-7-8-14(15(20)9-13)16(28-2)18(24)22-10-11-3-5-12(6-4-11)17(21)23-19(25)26/h3-9,16H,10H2,1-2H3,(H2,21,23)(H,22,24)(H,25,26). The lowest BCUT2D eigenvalue weighted by Gasteiger charge is -2.17. The van der Waals surface area contributed by atoms with E-state index in [0.717, 1.165) is 5.56 Å². The predicted octanol–water partition coefficient (Wildman–Crippen LogP) is 2.22. The Balaban J connectivity index is 2.05. The Morgan fingerprint density at radius 2 is 1.89 bits per heavy atom. The summed E-state index contributed by atoms with van der Waals surface area (Å²) in [6.07, 6.45) is -2.51. The molecule has 0 bridgehead atoms. The zero-order valence-corrected chi connectivity index (χ0v) is 15.3. The van der Waals surface area contributed by atoms with Crippen molar-refractivity contribution in [3.05, 3.63) is 65.0 Å². The van der Waals surface area contributed by atoms with Gasteiger partial charge in [0, 0.05) is 30.8 Å². The van der Waals surface area contributed by atoms with Crippen molar-refractivity contribution >= 4 is 17.8 Å². The molecule has 0 spiro atoms. The molecule has 8 nitrogen and oxygen atoms in total. The van der Waals surface area contributed by atoms with Crippen molar-refractivity contribution in [1.29, 1.82) is 0 Å². The molecular formula is C19H20FN3O5. The second-order valence-corrected chi connectivity index (χ2v) is 5.70. The van der Waals surface area contributed by atoms with E-state index in [9.17, 15) is 14.0 Å². The molecule has 2 aromatic carbocycles. The number of hydrogen-bond acceptors (Lipinski definition) is 4. The molecule has 0 aromatic heterocycles. The van der Waals surface area contributed by atoms with Crippen molar-refractivity contribution < 1.29 is 28.6 Å². The smallest absolute Gasteiger partial charge is 0.433 e. The van der Waals surface area contributed by atoms with Crippen LogP contribution in [0.5, 0.6) is 5.75 Å². The third-order valence-corrected chi connectivity index (χ3v) is 3.90. The zero-order valence-electron chi connectivity index (χ0n) is 15.3. The SMILES string of the molecule is COc1ccc(C(OC)C(=O)NCc2ccc(/C(N)=N/C(=O)O)cc2)c(F)c1. The lowest BCUT2D eigenvalue weighted by molar-refractivity contribution is -0.131. The number of ether oxygens (including phenoxy) is 2. The van der Waals surface area contributed by atoms with Crippen LogP contribution in [-0.4, -0.2) is 37.2 Å². The van der Waals surface area contributed by atoms with Crippen LogP contribution in [0.4, 0.5) is 9.18 Å². The van der Waals surface area contributed by atoms with Crippen molar-refractivity contribution in [2.45, 2.75) is 12.6 Å². The number of carbonyl (C=O) groups is 2. The van der Waals surface area contributed by atoms with E-state index in [1.54, 1.807) is 30.3 Å². The molecular weight excluding hydrogens is 369 g/mol. The molecule has 2 amide bonds. The number of hydrogen-bond donors (Lipinski definition) is 3. The first-order chi connectivity index (χ1) is 13.3. The third-order valence-electron chi connectivity index (χ3n) is 3.90. The number of carbonyl (C=O) groups excluding carboxylic acids is 1. The van der Waals surface area contributed by atoms with E-state index in [2.05, 4.69) is 10.3 Å². The highest BCUT2D eigenvalue weighted by Gasteiger charge is 2.23. The summed E-state index contributed by atoms with van der Waals surface area (Å²) in [6, 6.07) is 10.6. The van der Waals surface area contributed by atoms with Gasteiger partial charge in [0.15, 0.2) is 6.10 Å². The maximum atomic E-state index is 14.2. The first kappa shape index (κ1) is 20.8. The Labute approximate surface area is 160 Å². The maximum Gasteiger partial charge on any atom is 0.433 e. The fraction of sp³-hybridized carbons (Fsp3) is 0.211. The summed E-state index contributed by atoms with van der Waals surface area (Å²) in [5, 5.41) is 11.3. The number of halogens is 1. The second-order valence-electron chi connectivity index (χ2n) is 5.70. The van der Waals surface area contributed by atoms with Gasteiger partial charge >= 0.3 is 6.09 Å². The van der Waals surface area contributed by atoms with Crippen molar-refractivity contribution in [3.8, 4) is 5.75 Å². The monoisotopic (exact) mass is 389 g/mol. The van der Waals surface area contributed by atoms with E-state index in [0.29, 0.717) is 11.3 Å². The first-order valence-electron chi connectivity index (χ1n) is 8.16. The minimum atomic E-state index is -1.38. The zero-order chi connectivity index (χ0) is 20.7. The van der Waals surface area contributed by atoms with Crippen molar-refractivity contribution in [2.75, 3.05) is 14.2 Å². The average molecular weight is 389 g/mol. The normalized spacial score (nSPS) is 12.3. The molecule has 148 valence electrons. The molecule has 4 N–H and O–H groups in total. The van der Waals surface area contributed by atoms with Gasteiger partial charge in [-0.1, -0.05) is 24.3 Å². The van der Waals surface area contributed by atoms with E-state index in [1.807, 2.05) is 0 Å². The van der Waals surface area contributed by atoms with Gasteiger partial charge in [-0.25, -0.2) is 9.18 Å². The fourth-order valence-electron chi connectivity index (χ4n) is 2.47. The highest BCUT2D eigenvalue weighted by atomic mass is 19.1. The number of amides is 2. The number of nitrogens with zero attached hydrogens (tertiary/aromatic N) is 1. The Bertz CT molecular complexity index is 884. The molecule has 0 saturated heterocycles. The Hall–Kier alpha value is -3.46. The van der Waals surface area contributed by atoms with Gasteiger partial charge in [0.05, 0.1) is 7.11 Å². The van der Waals surface area contributed by atoms with Crippen molar-refractivity contribution in [1.82, 2.24) is 5.32 Å². The van der Waals surface area contributed by atoms with Gasteiger partial charge < -0.3 is 25.6 Å². The van der Waals surface area contributed by atoms with Crippen LogP contribution in [-0.2, 0) is 16.1 Å². The van der Waals surface area contributed by atoms with Crippen LogP contribution in [0.2, 0.25) is 0 Å². The number of nitrogens with two attached hydrogens (primary N) is 1. The molecule has 9 heteroatoms. The number of amidine groups is 1. The summed E-state index contributed by atoms with van der Waals surface area (Å²) in [4.78, 5) is 26.2. The average Bonchev–Trinajstić information content (AvgIpc) is 2.67. The molecule has 0 aliphatic rings. The number of nitrogens with one attached hydrogen (secondary N) is 1. The van der Waals surface area contributed by atoms with Gasteiger partial charge in [-0.3, -0.25) is 4.79 Å². The summed E-state index contributed by atoms with van der Waals surface area (Å²) < 4.78 is 24.3. The van der Waals surface area contributed by atoms with Crippen LogP contribution >= 0.6 is 0 Å². The number of methoxy groups -OCH3 is 2. The Morgan fingerprint density at radius 3 is 2.43 bits per heavy atom. The molecule has 1 atom stereocenters. The third kappa shape index (κ3) is 5.27. The maximum absolute atomic E-state index is 14.2. The number of carboxylic acid groups (broad SMARTS) is 1. The molecule has 0 fully saturated rings. The van der Waals surface area contributed by atoms with Crippen LogP contribution in [0, 0.1) is 5.82 Å². The van der Waals surface area contributed by atoms with E-state index in [-0.39, 0.29) is 17.9 Å². The highest BCUT2D eigenvalue weighted by Crippen LogP contribution is 2.24. The lowest BCUT2D eigenvalue weighted by atomic mass is 10.1. The summed E-state index contributed by atoms with van der Waals surface area (Å²) in [6.45, 7) is 0.159. The van der Waals surface area contributed by atoms with Gasteiger partial charge in [-0.2, -0.15) is 4.99 Å². The van der Waals surface area contributed by atoms with E-state index in [4.69, 9.17) is 20.3 Å². The topological polar surface area (TPSA) is 123 Å². The Kier molecular flexibility index (Phi) is 7.05. The first-order valence-corrected chi connectivity index (χ1v) is 8.16. The van der Waals surface area contributed by atoms with Crippen molar-refractivity contribution in [3.63, 3.8) is 0 Å². The van der Waals surface area contributed by atoms with E-state index >= 15 is 0 Å². The highest BCUT2D eigenvalue weighted by molar-refractivity contribution is 6.02. The van der Waals surface area contributed by atoms with Crippen LogP contribution < -0.4 is 15.8 Å². The number of rotatable bonds is 7. The summed E-state index contributed by atoms with van der Waals surface area (Å²) in [7, 11) is 2.73. The minimum Gasteiger partial charge on any atom is -0.497 e. The molecule has 0 saturated carbocycles. The summed E-state index contributed by atoms with van der Waals surface area (Å²) >= 11 is 0. The van der Waals surface area contributed by atoms with Crippen LogP contribution in [0.15, 0.2) is 47.5 Å².